The Morgan fingerprint density at radius 1 is 0.943 bits per heavy atom. The summed E-state index contributed by atoms with van der Waals surface area (Å²) in [5.41, 5.74) is -0.517. The third-order valence-corrected chi connectivity index (χ3v) is 6.55. The van der Waals surface area contributed by atoms with Crippen molar-refractivity contribution in [2.45, 2.75) is 24.6 Å². The lowest BCUT2D eigenvalue weighted by Gasteiger charge is -2.44. The number of hydrogen-bond acceptors (Lipinski definition) is 7. The van der Waals surface area contributed by atoms with E-state index < -0.39 is 23.6 Å². The predicted octanol–water partition coefficient (Wildman–Crippen LogP) is 2.27. The molecule has 2 heterocycles. The maximum absolute atomic E-state index is 13.5. The van der Waals surface area contributed by atoms with E-state index in [0.29, 0.717) is 28.4 Å². The van der Waals surface area contributed by atoms with Crippen LogP contribution in [0, 0.1) is 0 Å². The van der Waals surface area contributed by atoms with Crippen molar-refractivity contribution in [1.82, 2.24) is 9.80 Å². The number of methoxy groups -OCH3 is 3. The number of hydrogen-bond donors (Lipinski definition) is 1. The molecule has 2 aliphatic rings. The first-order chi connectivity index (χ1) is 16.8. The Morgan fingerprint density at radius 3 is 2.14 bits per heavy atom. The van der Waals surface area contributed by atoms with Crippen LogP contribution in [-0.4, -0.2) is 85.5 Å². The molecule has 0 aromatic heterocycles. The maximum atomic E-state index is 13.5. The van der Waals surface area contributed by atoms with Crippen LogP contribution in [0.1, 0.15) is 33.6 Å². The molecule has 10 nitrogen and oxygen atoms in total. The highest BCUT2D eigenvalue weighted by Gasteiger charge is 2.54. The zero-order chi connectivity index (χ0) is 25.2. The quantitative estimate of drug-likeness (QED) is 0.664. The number of benzene rings is 2. The zero-order valence-electron chi connectivity index (χ0n) is 19.9. The van der Waals surface area contributed by atoms with Crippen LogP contribution in [0.4, 0.5) is 0 Å². The number of carboxylic acids is 1. The van der Waals surface area contributed by atoms with Gasteiger partial charge in [-0.05, 0) is 30.3 Å². The first-order valence-electron chi connectivity index (χ1n) is 11.2. The van der Waals surface area contributed by atoms with Gasteiger partial charge in [0.25, 0.3) is 11.8 Å². The maximum Gasteiger partial charge on any atom is 0.328 e. The van der Waals surface area contributed by atoms with Gasteiger partial charge in [-0.3, -0.25) is 14.5 Å². The second kappa shape index (κ2) is 9.83. The van der Waals surface area contributed by atoms with Crippen LogP contribution in [0.2, 0.25) is 0 Å². The zero-order valence-corrected chi connectivity index (χ0v) is 19.9. The van der Waals surface area contributed by atoms with E-state index in [1.54, 1.807) is 47.4 Å². The SMILES string of the molecule is COc1cccc(C(=O)N2C(C(=O)O)COC23CCN(C(=O)c2c(OC)cccc2OC)CC3)c1. The van der Waals surface area contributed by atoms with Crippen LogP contribution >= 0.6 is 0 Å². The van der Waals surface area contributed by atoms with E-state index in [2.05, 4.69) is 0 Å². The Kier molecular flexibility index (Phi) is 6.83. The van der Waals surface area contributed by atoms with Gasteiger partial charge in [-0.25, -0.2) is 4.79 Å². The summed E-state index contributed by atoms with van der Waals surface area (Å²) >= 11 is 0. The summed E-state index contributed by atoms with van der Waals surface area (Å²) in [5.74, 6) is -0.592. The molecule has 4 rings (SSSR count). The van der Waals surface area contributed by atoms with Crippen molar-refractivity contribution in [2.75, 3.05) is 41.0 Å². The number of carboxylic acid groups (broad SMARTS) is 1. The normalized spacial score (nSPS) is 18.9. The van der Waals surface area contributed by atoms with E-state index in [-0.39, 0.29) is 38.4 Å². The minimum Gasteiger partial charge on any atom is -0.497 e. The van der Waals surface area contributed by atoms with Crippen molar-refractivity contribution in [3.63, 3.8) is 0 Å². The molecule has 1 unspecified atom stereocenters. The topological polar surface area (TPSA) is 115 Å². The molecule has 2 fully saturated rings. The summed E-state index contributed by atoms with van der Waals surface area (Å²) in [4.78, 5) is 41.9. The predicted molar refractivity (Wildman–Crippen MR) is 124 cm³/mol. The number of piperidine rings is 1. The molecule has 35 heavy (non-hydrogen) atoms. The molecule has 2 aliphatic heterocycles. The molecular formula is C25H28N2O8. The van der Waals surface area contributed by atoms with Gasteiger partial charge in [0.2, 0.25) is 0 Å². The van der Waals surface area contributed by atoms with E-state index >= 15 is 0 Å². The highest BCUT2D eigenvalue weighted by molar-refractivity contribution is 6.00. The van der Waals surface area contributed by atoms with Gasteiger partial charge in [0.1, 0.15) is 28.5 Å². The van der Waals surface area contributed by atoms with Gasteiger partial charge in [-0.15, -0.1) is 0 Å². The lowest BCUT2D eigenvalue weighted by molar-refractivity contribution is -0.143. The first-order valence-corrected chi connectivity index (χ1v) is 11.2. The highest BCUT2D eigenvalue weighted by atomic mass is 16.5. The number of ether oxygens (including phenoxy) is 4. The molecule has 0 radical (unpaired) electrons. The van der Waals surface area contributed by atoms with E-state index in [4.69, 9.17) is 18.9 Å². The summed E-state index contributed by atoms with van der Waals surface area (Å²) in [6.07, 6.45) is 0.519. The van der Waals surface area contributed by atoms with E-state index in [1.807, 2.05) is 0 Å². The summed E-state index contributed by atoms with van der Waals surface area (Å²) in [6.45, 7) is 0.391. The third-order valence-electron chi connectivity index (χ3n) is 6.55. The van der Waals surface area contributed by atoms with Crippen molar-refractivity contribution in [1.29, 1.82) is 0 Å². The highest BCUT2D eigenvalue weighted by Crippen LogP contribution is 2.40. The van der Waals surface area contributed by atoms with Gasteiger partial charge >= 0.3 is 5.97 Å². The Morgan fingerprint density at radius 2 is 1.57 bits per heavy atom. The van der Waals surface area contributed by atoms with Crippen LogP contribution in [0.5, 0.6) is 17.2 Å². The monoisotopic (exact) mass is 484 g/mol. The van der Waals surface area contributed by atoms with Crippen LogP contribution in [0.15, 0.2) is 42.5 Å². The molecule has 1 spiro atoms. The van der Waals surface area contributed by atoms with Crippen LogP contribution in [-0.2, 0) is 9.53 Å². The minimum atomic E-state index is -1.14. The lowest BCUT2D eigenvalue weighted by Crippen LogP contribution is -2.58. The van der Waals surface area contributed by atoms with Gasteiger partial charge in [-0.2, -0.15) is 0 Å². The number of nitrogens with zero attached hydrogens (tertiary/aromatic N) is 2. The minimum absolute atomic E-state index is 0.126. The molecule has 2 aromatic carbocycles. The number of rotatable bonds is 6. The third kappa shape index (κ3) is 4.37. The molecular weight excluding hydrogens is 456 g/mol. The second-order valence-electron chi connectivity index (χ2n) is 8.35. The van der Waals surface area contributed by atoms with Gasteiger partial charge in [0.05, 0.1) is 27.9 Å². The second-order valence-corrected chi connectivity index (χ2v) is 8.35. The Bertz CT molecular complexity index is 1100. The summed E-state index contributed by atoms with van der Waals surface area (Å²) in [5, 5.41) is 9.81. The fourth-order valence-corrected chi connectivity index (χ4v) is 4.73. The van der Waals surface area contributed by atoms with E-state index in [1.165, 1.54) is 26.2 Å². The Balaban J connectivity index is 1.59. The smallest absolute Gasteiger partial charge is 0.328 e. The van der Waals surface area contributed by atoms with Crippen molar-refractivity contribution >= 4 is 17.8 Å². The van der Waals surface area contributed by atoms with Gasteiger partial charge in [-0.1, -0.05) is 12.1 Å². The summed E-state index contributed by atoms with van der Waals surface area (Å²) in [6, 6.07) is 10.5. The first kappa shape index (κ1) is 24.3. The van der Waals surface area contributed by atoms with Crippen LogP contribution in [0.3, 0.4) is 0 Å². The average molecular weight is 485 g/mol. The van der Waals surface area contributed by atoms with Gasteiger partial charge in [0.15, 0.2) is 6.04 Å². The largest absolute Gasteiger partial charge is 0.497 e. The number of carbonyl (C=O) groups excluding carboxylic acids is 2. The van der Waals surface area contributed by atoms with Crippen molar-refractivity contribution in [3.8, 4) is 17.2 Å². The molecule has 2 saturated heterocycles. The summed E-state index contributed by atoms with van der Waals surface area (Å²) < 4.78 is 22.0. The lowest BCUT2D eigenvalue weighted by atomic mass is 9.96. The van der Waals surface area contributed by atoms with E-state index in [9.17, 15) is 19.5 Å². The van der Waals surface area contributed by atoms with Gasteiger partial charge in [0, 0.05) is 31.5 Å². The van der Waals surface area contributed by atoms with Gasteiger partial charge < -0.3 is 29.0 Å². The molecule has 10 heteroatoms. The molecule has 2 amide bonds. The van der Waals surface area contributed by atoms with Crippen LogP contribution < -0.4 is 14.2 Å². The fraction of sp³-hybridized carbons (Fsp3) is 0.400. The summed E-state index contributed by atoms with van der Waals surface area (Å²) in [7, 11) is 4.46. The Labute approximate surface area is 202 Å². The standard InChI is InChI=1S/C25H28N2O8/c1-32-17-7-4-6-16(14-17)22(28)27-18(24(30)31)15-35-25(27)10-12-26(13-11-25)23(29)21-19(33-2)8-5-9-20(21)34-3/h4-9,14,18H,10-13,15H2,1-3H3,(H,30,31). The van der Waals surface area contributed by atoms with E-state index in [0.717, 1.165) is 0 Å². The van der Waals surface area contributed by atoms with Crippen molar-refractivity contribution in [3.05, 3.63) is 53.6 Å². The molecule has 1 N–H and O–H groups in total. The average Bonchev–Trinajstić information content (AvgIpc) is 3.26. The van der Waals surface area contributed by atoms with Crippen molar-refractivity contribution < 1.29 is 38.4 Å². The number of carbonyl (C=O) groups is 3. The molecule has 0 bridgehead atoms. The number of amides is 2. The number of likely N-dealkylation sites (tertiary alicyclic amines) is 1. The fourth-order valence-electron chi connectivity index (χ4n) is 4.73. The van der Waals surface area contributed by atoms with Crippen LogP contribution in [0.25, 0.3) is 0 Å². The number of aliphatic carboxylic acids is 1. The van der Waals surface area contributed by atoms with Crippen molar-refractivity contribution in [2.24, 2.45) is 0 Å². The molecule has 186 valence electrons. The molecule has 0 saturated carbocycles. The molecule has 1 atom stereocenters. The molecule has 0 aliphatic carbocycles. The Hall–Kier alpha value is -3.79. The molecule has 2 aromatic rings.